The van der Waals surface area contributed by atoms with Crippen LogP contribution in [0.25, 0.3) is 10.9 Å². The molecule has 3 rings (SSSR count). The van der Waals surface area contributed by atoms with Gasteiger partial charge in [0.25, 0.3) is 5.69 Å². The van der Waals surface area contributed by atoms with Gasteiger partial charge in [-0.15, -0.1) is 0 Å². The second kappa shape index (κ2) is 5.39. The third kappa shape index (κ3) is 2.60. The second-order valence-corrected chi connectivity index (χ2v) is 5.49. The van der Waals surface area contributed by atoms with E-state index in [4.69, 9.17) is 23.2 Å². The minimum absolute atomic E-state index is 0.0198. The summed E-state index contributed by atoms with van der Waals surface area (Å²) in [5.41, 5.74) is 1.56. The van der Waals surface area contributed by atoms with E-state index in [0.29, 0.717) is 22.2 Å². The summed E-state index contributed by atoms with van der Waals surface area (Å²) < 4.78 is 1.93. The average molecular weight is 321 g/mol. The first-order chi connectivity index (χ1) is 10.1. The highest BCUT2D eigenvalue weighted by molar-refractivity contribution is 6.35. The molecule has 0 bridgehead atoms. The van der Waals surface area contributed by atoms with Crippen molar-refractivity contribution in [3.8, 4) is 0 Å². The van der Waals surface area contributed by atoms with E-state index in [2.05, 4.69) is 0 Å². The Labute approximate surface area is 130 Å². The molecule has 0 aliphatic rings. The molecule has 21 heavy (non-hydrogen) atoms. The number of aromatic nitrogens is 1. The van der Waals surface area contributed by atoms with Gasteiger partial charge in [-0.25, -0.2) is 0 Å². The van der Waals surface area contributed by atoms with Crippen molar-refractivity contribution in [1.29, 1.82) is 0 Å². The Bertz CT molecular complexity index is 843. The van der Waals surface area contributed by atoms with Gasteiger partial charge >= 0.3 is 0 Å². The van der Waals surface area contributed by atoms with Gasteiger partial charge < -0.3 is 4.57 Å². The number of rotatable bonds is 3. The van der Waals surface area contributed by atoms with Crippen LogP contribution in [0.15, 0.2) is 48.7 Å². The van der Waals surface area contributed by atoms with Gasteiger partial charge in [-0.2, -0.15) is 0 Å². The Morgan fingerprint density at radius 1 is 1.14 bits per heavy atom. The maximum Gasteiger partial charge on any atom is 0.275 e. The van der Waals surface area contributed by atoms with Crippen molar-refractivity contribution < 1.29 is 4.92 Å². The van der Waals surface area contributed by atoms with Gasteiger partial charge in [0.15, 0.2) is 0 Å². The molecule has 106 valence electrons. The van der Waals surface area contributed by atoms with Crippen LogP contribution in [0.2, 0.25) is 10.0 Å². The Hall–Kier alpha value is -2.04. The largest absolute Gasteiger partial charge is 0.343 e. The fraction of sp³-hybridized carbons (Fsp3) is 0.0667. The Kier molecular flexibility index (Phi) is 3.57. The zero-order valence-corrected chi connectivity index (χ0v) is 12.3. The summed E-state index contributed by atoms with van der Waals surface area (Å²) in [6.45, 7) is 0.386. The lowest BCUT2D eigenvalue weighted by atomic mass is 10.1. The summed E-state index contributed by atoms with van der Waals surface area (Å²) in [6, 6.07) is 12.2. The van der Waals surface area contributed by atoms with Crippen LogP contribution in [0.5, 0.6) is 0 Å². The van der Waals surface area contributed by atoms with E-state index in [1.165, 1.54) is 6.07 Å². The predicted molar refractivity (Wildman–Crippen MR) is 84.2 cm³/mol. The van der Waals surface area contributed by atoms with E-state index < -0.39 is 4.92 Å². The van der Waals surface area contributed by atoms with E-state index in [9.17, 15) is 10.1 Å². The Morgan fingerprint density at radius 2 is 1.95 bits per heavy atom. The fourth-order valence-electron chi connectivity index (χ4n) is 2.35. The van der Waals surface area contributed by atoms with E-state index in [1.54, 1.807) is 12.1 Å². The molecule has 0 saturated carbocycles. The van der Waals surface area contributed by atoms with Crippen LogP contribution < -0.4 is 0 Å². The van der Waals surface area contributed by atoms with Crippen molar-refractivity contribution >= 4 is 39.8 Å². The lowest BCUT2D eigenvalue weighted by molar-refractivity contribution is -0.385. The van der Waals surface area contributed by atoms with E-state index in [1.807, 2.05) is 35.0 Å². The minimum atomic E-state index is -0.417. The molecule has 1 aromatic heterocycles. The van der Waals surface area contributed by atoms with Crippen LogP contribution in [0.4, 0.5) is 5.69 Å². The summed E-state index contributed by atoms with van der Waals surface area (Å²) in [6.07, 6.45) is 1.87. The van der Waals surface area contributed by atoms with Crippen LogP contribution in [-0.2, 0) is 6.54 Å². The first-order valence-corrected chi connectivity index (χ1v) is 6.98. The molecule has 3 aromatic rings. The number of nitro groups is 1. The van der Waals surface area contributed by atoms with E-state index >= 15 is 0 Å². The highest BCUT2D eigenvalue weighted by Gasteiger charge is 2.15. The lowest BCUT2D eigenvalue weighted by Gasteiger charge is -2.07. The normalized spacial score (nSPS) is 11.0. The molecular weight excluding hydrogens is 311 g/mol. The Morgan fingerprint density at radius 3 is 2.71 bits per heavy atom. The summed E-state index contributed by atoms with van der Waals surface area (Å²) >= 11 is 12.0. The third-order valence-electron chi connectivity index (χ3n) is 3.35. The Balaban J connectivity index is 2.07. The van der Waals surface area contributed by atoms with Crippen LogP contribution in [-0.4, -0.2) is 9.49 Å². The molecule has 0 fully saturated rings. The van der Waals surface area contributed by atoms with Gasteiger partial charge in [0.1, 0.15) is 0 Å². The van der Waals surface area contributed by atoms with Gasteiger partial charge in [-0.1, -0.05) is 29.3 Å². The monoisotopic (exact) mass is 320 g/mol. The maximum absolute atomic E-state index is 11.1. The quantitative estimate of drug-likeness (QED) is 0.508. The number of nitrogens with zero attached hydrogens (tertiary/aromatic N) is 2. The number of nitro benzene ring substituents is 1. The van der Waals surface area contributed by atoms with Crippen LogP contribution >= 0.6 is 23.2 Å². The number of hydrogen-bond acceptors (Lipinski definition) is 2. The molecule has 0 saturated heterocycles. The summed E-state index contributed by atoms with van der Waals surface area (Å²) in [5.74, 6) is 0. The predicted octanol–water partition coefficient (Wildman–Crippen LogP) is 4.90. The SMILES string of the molecule is O=[N+]([O-])c1cc(Cl)ccc1Cn1ccc2c(Cl)cccc21. The zero-order chi connectivity index (χ0) is 15.0. The van der Waals surface area contributed by atoms with Crippen LogP contribution in [0.1, 0.15) is 5.56 Å². The van der Waals surface area contributed by atoms with Crippen molar-refractivity contribution in [1.82, 2.24) is 4.57 Å². The van der Waals surface area contributed by atoms with Gasteiger partial charge in [-0.05, 0) is 30.3 Å². The minimum Gasteiger partial charge on any atom is -0.343 e. The molecular formula is C15H10Cl2N2O2. The smallest absolute Gasteiger partial charge is 0.275 e. The maximum atomic E-state index is 11.1. The van der Waals surface area contributed by atoms with Crippen molar-refractivity contribution in [3.05, 3.63) is 74.4 Å². The zero-order valence-electron chi connectivity index (χ0n) is 10.8. The topological polar surface area (TPSA) is 48.1 Å². The molecule has 0 spiro atoms. The highest BCUT2D eigenvalue weighted by atomic mass is 35.5. The van der Waals surface area contributed by atoms with Crippen molar-refractivity contribution in [2.24, 2.45) is 0 Å². The third-order valence-corrected chi connectivity index (χ3v) is 3.91. The van der Waals surface area contributed by atoms with Crippen molar-refractivity contribution in [2.45, 2.75) is 6.54 Å². The summed E-state index contributed by atoms with van der Waals surface area (Å²) in [4.78, 5) is 10.7. The molecule has 0 aliphatic heterocycles. The second-order valence-electron chi connectivity index (χ2n) is 4.65. The molecule has 2 aromatic carbocycles. The average Bonchev–Trinajstić information content (AvgIpc) is 2.85. The number of benzene rings is 2. The molecule has 0 amide bonds. The fourth-order valence-corrected chi connectivity index (χ4v) is 2.75. The number of hydrogen-bond donors (Lipinski definition) is 0. The molecule has 4 nitrogen and oxygen atoms in total. The first-order valence-electron chi connectivity index (χ1n) is 6.22. The molecule has 6 heteroatoms. The molecule has 0 radical (unpaired) electrons. The van der Waals surface area contributed by atoms with Gasteiger partial charge in [0.05, 0.1) is 11.5 Å². The van der Waals surface area contributed by atoms with E-state index in [-0.39, 0.29) is 5.69 Å². The number of halogens is 2. The van der Waals surface area contributed by atoms with Crippen LogP contribution in [0.3, 0.4) is 0 Å². The molecule has 0 atom stereocenters. The molecule has 0 aliphatic carbocycles. The number of fused-ring (bicyclic) bond motifs is 1. The molecule has 1 heterocycles. The lowest BCUT2D eigenvalue weighted by Crippen LogP contribution is -2.02. The summed E-state index contributed by atoms with van der Waals surface area (Å²) in [5, 5.41) is 13.1. The van der Waals surface area contributed by atoms with E-state index in [0.717, 1.165) is 10.9 Å². The standard InChI is InChI=1S/C15H10Cl2N2O2/c16-11-5-4-10(15(8-11)19(20)21)9-18-7-6-12-13(17)2-1-3-14(12)18/h1-8H,9H2. The van der Waals surface area contributed by atoms with Crippen molar-refractivity contribution in [3.63, 3.8) is 0 Å². The molecule has 0 N–H and O–H groups in total. The van der Waals surface area contributed by atoms with Gasteiger partial charge in [-0.3, -0.25) is 10.1 Å². The first kappa shape index (κ1) is 13.9. The van der Waals surface area contributed by atoms with Gasteiger partial charge in [0.2, 0.25) is 0 Å². The van der Waals surface area contributed by atoms with Crippen molar-refractivity contribution in [2.75, 3.05) is 0 Å². The highest BCUT2D eigenvalue weighted by Crippen LogP contribution is 2.28. The van der Waals surface area contributed by atoms with Crippen LogP contribution in [0, 0.1) is 10.1 Å². The summed E-state index contributed by atoms with van der Waals surface area (Å²) in [7, 11) is 0. The van der Waals surface area contributed by atoms with Gasteiger partial charge in [0, 0.05) is 38.8 Å². The molecule has 0 unspecified atom stereocenters.